The molecule has 3 heteroatoms. The van der Waals surface area contributed by atoms with E-state index in [0.29, 0.717) is 5.56 Å². The Morgan fingerprint density at radius 2 is 1.50 bits per heavy atom. The van der Waals surface area contributed by atoms with E-state index >= 15 is 0 Å². The van der Waals surface area contributed by atoms with Crippen LogP contribution in [0.5, 0.6) is 0 Å². The van der Waals surface area contributed by atoms with Crippen molar-refractivity contribution in [2.75, 3.05) is 0 Å². The summed E-state index contributed by atoms with van der Waals surface area (Å²) in [7, 11) is 0. The Bertz CT molecular complexity index is 175. The van der Waals surface area contributed by atoms with Crippen LogP contribution in [-0.2, 0) is 0 Å². The third-order valence-corrected chi connectivity index (χ3v) is 1.19. The molecule has 0 radical (unpaired) electrons. The molecule has 0 aliphatic heterocycles. The van der Waals surface area contributed by atoms with Crippen LogP contribution in [-0.4, -0.2) is 10.2 Å². The van der Waals surface area contributed by atoms with Crippen LogP contribution in [0.15, 0.2) is 0 Å². The van der Waals surface area contributed by atoms with Gasteiger partial charge >= 0.3 is 0 Å². The summed E-state index contributed by atoms with van der Waals surface area (Å²) < 4.78 is 12.2. The topological polar surface area (TPSA) is 28.7 Å². The molecule has 0 saturated heterocycles. The van der Waals surface area contributed by atoms with E-state index in [1.807, 2.05) is 27.7 Å². The molecule has 0 bridgehead atoms. The Balaban J connectivity index is 0. The van der Waals surface area contributed by atoms with Crippen molar-refractivity contribution < 1.29 is 4.39 Å². The van der Waals surface area contributed by atoms with Crippen LogP contribution < -0.4 is 0 Å². The summed E-state index contributed by atoms with van der Waals surface area (Å²) in [6, 6.07) is 0. The van der Waals surface area contributed by atoms with Gasteiger partial charge in [-0.1, -0.05) is 27.7 Å². The van der Waals surface area contributed by atoms with Crippen molar-refractivity contribution in [1.29, 1.82) is 0 Å². The summed E-state index contributed by atoms with van der Waals surface area (Å²) in [5.74, 6) is -0.400. The van der Waals surface area contributed by atoms with Crippen LogP contribution in [0.4, 0.5) is 4.39 Å². The Labute approximate surface area is 74.2 Å². The molecule has 0 atom stereocenters. The van der Waals surface area contributed by atoms with Gasteiger partial charge in [-0.2, -0.15) is 4.39 Å². The molecule has 1 aromatic rings. The van der Waals surface area contributed by atoms with Gasteiger partial charge < -0.3 is 0 Å². The highest BCUT2D eigenvalue weighted by molar-refractivity contribution is 5.12. The zero-order chi connectivity index (χ0) is 10.1. The number of hydrogen-bond acceptors (Lipinski definition) is 1. The number of hydrogen-bond donors (Lipinski definition) is 1. The van der Waals surface area contributed by atoms with E-state index in [0.717, 1.165) is 5.69 Å². The van der Waals surface area contributed by atoms with E-state index in [2.05, 4.69) is 10.2 Å². The summed E-state index contributed by atoms with van der Waals surface area (Å²) >= 11 is 0. The number of nitrogens with one attached hydrogen (secondary N) is 1. The molecule has 72 valence electrons. The van der Waals surface area contributed by atoms with Gasteiger partial charge in [-0.3, -0.25) is 5.10 Å². The first-order chi connectivity index (χ1) is 5.72. The second-order valence-corrected chi connectivity index (χ2v) is 1.76. The average molecular weight is 174 g/mol. The minimum atomic E-state index is -0.400. The highest BCUT2D eigenvalue weighted by atomic mass is 19.1. The van der Waals surface area contributed by atoms with Crippen LogP contribution in [0.1, 0.15) is 39.0 Å². The Morgan fingerprint density at radius 3 is 1.58 bits per heavy atom. The van der Waals surface area contributed by atoms with Crippen molar-refractivity contribution in [3.8, 4) is 0 Å². The summed E-state index contributed by atoms with van der Waals surface area (Å²) in [5.41, 5.74) is 1.40. The smallest absolute Gasteiger partial charge is 0.235 e. The fourth-order valence-electron chi connectivity index (χ4n) is 0.455. The molecule has 0 fully saturated rings. The van der Waals surface area contributed by atoms with Gasteiger partial charge in [-0.25, -0.2) is 0 Å². The number of H-pyrrole nitrogens is 1. The first-order valence-corrected chi connectivity index (χ1v) is 4.39. The highest BCUT2D eigenvalue weighted by Gasteiger charge is 2.00. The molecule has 1 N–H and O–H groups in total. The van der Waals surface area contributed by atoms with E-state index in [1.54, 1.807) is 13.8 Å². The van der Waals surface area contributed by atoms with E-state index in [9.17, 15) is 4.39 Å². The van der Waals surface area contributed by atoms with Crippen molar-refractivity contribution in [1.82, 2.24) is 10.2 Å². The zero-order valence-electron chi connectivity index (χ0n) is 8.83. The third-order valence-electron chi connectivity index (χ3n) is 1.19. The lowest BCUT2D eigenvalue weighted by Crippen LogP contribution is -1.74. The molecule has 0 saturated carbocycles. The number of aromatic nitrogens is 2. The molecule has 0 unspecified atom stereocenters. The fourth-order valence-corrected chi connectivity index (χ4v) is 0.455. The van der Waals surface area contributed by atoms with Gasteiger partial charge in [-0.05, 0) is 13.8 Å². The van der Waals surface area contributed by atoms with Crippen molar-refractivity contribution >= 4 is 0 Å². The maximum absolute atomic E-state index is 12.2. The monoisotopic (exact) mass is 174 g/mol. The fraction of sp³-hybridized carbons (Fsp3) is 0.667. The van der Waals surface area contributed by atoms with Gasteiger partial charge in [0.2, 0.25) is 5.95 Å². The number of aryl methyl sites for hydroxylation is 1. The molecule has 0 aromatic carbocycles. The van der Waals surface area contributed by atoms with Crippen LogP contribution in [0.3, 0.4) is 0 Å². The van der Waals surface area contributed by atoms with E-state index in [1.165, 1.54) is 0 Å². The molecule has 0 amide bonds. The van der Waals surface area contributed by atoms with Gasteiger partial charge in [-0.15, -0.1) is 5.10 Å². The molecule has 0 spiro atoms. The van der Waals surface area contributed by atoms with Crippen molar-refractivity contribution in [3.63, 3.8) is 0 Å². The lowest BCUT2D eigenvalue weighted by atomic mass is 10.3. The Kier molecular flexibility index (Phi) is 9.41. The van der Waals surface area contributed by atoms with Crippen LogP contribution in [0, 0.1) is 19.8 Å². The van der Waals surface area contributed by atoms with E-state index < -0.39 is 5.95 Å². The Morgan fingerprint density at radius 1 is 1.08 bits per heavy atom. The molecular formula is C9H19FN2. The summed E-state index contributed by atoms with van der Waals surface area (Å²) in [5, 5.41) is 5.84. The molecule has 2 nitrogen and oxygen atoms in total. The molecule has 0 aliphatic rings. The van der Waals surface area contributed by atoms with Gasteiger partial charge in [0.15, 0.2) is 0 Å². The highest BCUT2D eigenvalue weighted by Crippen LogP contribution is 2.04. The second kappa shape index (κ2) is 8.24. The molecular weight excluding hydrogens is 155 g/mol. The van der Waals surface area contributed by atoms with Crippen LogP contribution in [0.2, 0.25) is 0 Å². The van der Waals surface area contributed by atoms with Gasteiger partial charge in [0.05, 0.1) is 0 Å². The summed E-state index contributed by atoms with van der Waals surface area (Å²) in [6.07, 6.45) is 0. The number of aromatic amines is 1. The molecule has 12 heavy (non-hydrogen) atoms. The second-order valence-electron chi connectivity index (χ2n) is 1.76. The molecule has 1 heterocycles. The quantitative estimate of drug-likeness (QED) is 0.642. The van der Waals surface area contributed by atoms with Crippen LogP contribution in [0.25, 0.3) is 0 Å². The van der Waals surface area contributed by atoms with Crippen LogP contribution >= 0.6 is 0 Å². The molecule has 1 aromatic heterocycles. The van der Waals surface area contributed by atoms with Crippen molar-refractivity contribution in [3.05, 3.63) is 17.2 Å². The zero-order valence-corrected chi connectivity index (χ0v) is 8.83. The normalized spacial score (nSPS) is 7.58. The SMILES string of the molecule is CC.CC.Cc1[nH]nc(F)c1C. The molecule has 0 aliphatic carbocycles. The van der Waals surface area contributed by atoms with Crippen molar-refractivity contribution in [2.24, 2.45) is 0 Å². The summed E-state index contributed by atoms with van der Waals surface area (Å²) in [4.78, 5) is 0. The first-order valence-electron chi connectivity index (χ1n) is 4.39. The predicted molar refractivity (Wildman–Crippen MR) is 50.7 cm³/mol. The van der Waals surface area contributed by atoms with Gasteiger partial charge in [0.25, 0.3) is 0 Å². The van der Waals surface area contributed by atoms with Gasteiger partial charge in [0, 0.05) is 11.3 Å². The molecule has 1 rings (SSSR count). The average Bonchev–Trinajstić information content (AvgIpc) is 2.43. The lowest BCUT2D eigenvalue weighted by molar-refractivity contribution is 0.572. The number of halogens is 1. The minimum Gasteiger partial charge on any atom is -0.280 e. The standard InChI is InChI=1S/C5H7FN2.2C2H6/c1-3-4(2)7-8-5(3)6;2*1-2/h1-2H3,(H,7,8);2*1-2H3. The maximum atomic E-state index is 12.2. The van der Waals surface area contributed by atoms with Gasteiger partial charge in [0.1, 0.15) is 0 Å². The number of nitrogens with zero attached hydrogens (tertiary/aromatic N) is 1. The maximum Gasteiger partial charge on any atom is 0.235 e. The Hall–Kier alpha value is -0.860. The summed E-state index contributed by atoms with van der Waals surface area (Å²) in [6.45, 7) is 11.5. The third kappa shape index (κ3) is 4.11. The minimum absolute atomic E-state index is 0.400. The van der Waals surface area contributed by atoms with E-state index in [4.69, 9.17) is 0 Å². The van der Waals surface area contributed by atoms with Crippen molar-refractivity contribution in [2.45, 2.75) is 41.5 Å². The predicted octanol–water partition coefficient (Wildman–Crippen LogP) is 3.22. The lowest BCUT2D eigenvalue weighted by Gasteiger charge is -1.80. The number of rotatable bonds is 0. The first kappa shape index (κ1) is 13.7. The van der Waals surface area contributed by atoms with E-state index in [-0.39, 0.29) is 0 Å². The largest absolute Gasteiger partial charge is 0.280 e.